The monoisotopic (exact) mass is 313 g/mol. The third-order valence-corrected chi connectivity index (χ3v) is 4.79. The van der Waals surface area contributed by atoms with E-state index in [4.69, 9.17) is 4.74 Å². The van der Waals surface area contributed by atoms with Crippen molar-refractivity contribution in [2.24, 2.45) is 0 Å². The zero-order chi connectivity index (χ0) is 16.2. The molecule has 124 valence electrons. The second-order valence-corrected chi connectivity index (χ2v) is 6.13. The van der Waals surface area contributed by atoms with Crippen LogP contribution in [0.5, 0.6) is 0 Å². The Labute approximate surface area is 138 Å². The Hall–Kier alpha value is -1.94. The van der Waals surface area contributed by atoms with Crippen molar-refractivity contribution < 1.29 is 4.74 Å². The number of hydrogen-bond donors (Lipinski definition) is 2. The summed E-state index contributed by atoms with van der Waals surface area (Å²) in [6.07, 6.45) is 8.19. The number of hydrogen-bond acceptors (Lipinski definition) is 3. The average Bonchev–Trinajstić information content (AvgIpc) is 3.23. The topological polar surface area (TPSA) is 38.2 Å². The van der Waals surface area contributed by atoms with Gasteiger partial charge in [0, 0.05) is 35.4 Å². The van der Waals surface area contributed by atoms with Crippen LogP contribution in [-0.4, -0.2) is 18.2 Å². The molecule has 4 heteroatoms. The number of benzene rings is 1. The summed E-state index contributed by atoms with van der Waals surface area (Å²) >= 11 is 0. The molecule has 23 heavy (non-hydrogen) atoms. The fourth-order valence-corrected chi connectivity index (χ4v) is 3.44. The summed E-state index contributed by atoms with van der Waals surface area (Å²) in [5, 5.41) is 7.88. The van der Waals surface area contributed by atoms with Gasteiger partial charge < -0.3 is 19.9 Å². The van der Waals surface area contributed by atoms with Crippen LogP contribution >= 0.6 is 0 Å². The van der Waals surface area contributed by atoms with Gasteiger partial charge in [-0.05, 0) is 50.9 Å². The average molecular weight is 313 g/mol. The second-order valence-electron chi connectivity index (χ2n) is 6.13. The summed E-state index contributed by atoms with van der Waals surface area (Å²) in [6, 6.07) is 6.70. The zero-order valence-corrected chi connectivity index (χ0v) is 14.3. The standard InChI is InChI=1S/C19H27N3O/c1-4-14(8-9-20-3)17-13-22(5-2)18-12-15(6-7-16(17)18)19-21-10-11-23-19/h6-7,10-14,19-21H,4-5,8-9H2,1-3H3. The number of fused-ring (bicyclic) bond motifs is 1. The summed E-state index contributed by atoms with van der Waals surface area (Å²) in [5.41, 5.74) is 3.95. The Kier molecular flexibility index (Phi) is 4.91. The predicted molar refractivity (Wildman–Crippen MR) is 95.3 cm³/mol. The molecule has 2 atom stereocenters. The van der Waals surface area contributed by atoms with E-state index >= 15 is 0 Å². The van der Waals surface area contributed by atoms with E-state index in [1.807, 2.05) is 13.2 Å². The quantitative estimate of drug-likeness (QED) is 0.815. The lowest BCUT2D eigenvalue weighted by Gasteiger charge is -2.15. The van der Waals surface area contributed by atoms with Gasteiger partial charge in [-0.1, -0.05) is 19.1 Å². The predicted octanol–water partition coefficient (Wildman–Crippen LogP) is 3.85. The summed E-state index contributed by atoms with van der Waals surface area (Å²) < 4.78 is 7.94. The van der Waals surface area contributed by atoms with E-state index in [1.54, 1.807) is 6.26 Å². The Bertz CT molecular complexity index is 681. The van der Waals surface area contributed by atoms with Gasteiger partial charge in [0.2, 0.25) is 0 Å². The van der Waals surface area contributed by atoms with Gasteiger partial charge in [-0.2, -0.15) is 0 Å². The zero-order valence-electron chi connectivity index (χ0n) is 14.3. The number of aryl methyl sites for hydroxylation is 1. The molecule has 2 aromatic rings. The minimum atomic E-state index is -0.0608. The molecule has 0 radical (unpaired) electrons. The molecule has 1 aliphatic rings. The third-order valence-electron chi connectivity index (χ3n) is 4.79. The summed E-state index contributed by atoms with van der Waals surface area (Å²) in [5.74, 6) is 0.603. The minimum Gasteiger partial charge on any atom is -0.473 e. The highest BCUT2D eigenvalue weighted by Gasteiger charge is 2.19. The van der Waals surface area contributed by atoms with Gasteiger partial charge >= 0.3 is 0 Å². The van der Waals surface area contributed by atoms with Gasteiger partial charge in [0.15, 0.2) is 6.23 Å². The van der Waals surface area contributed by atoms with Crippen LogP contribution in [0.25, 0.3) is 10.9 Å². The highest BCUT2D eigenvalue weighted by Crippen LogP contribution is 2.33. The van der Waals surface area contributed by atoms with Crippen molar-refractivity contribution in [1.82, 2.24) is 15.2 Å². The van der Waals surface area contributed by atoms with E-state index in [2.05, 4.69) is 53.4 Å². The van der Waals surface area contributed by atoms with E-state index in [9.17, 15) is 0 Å². The SMILES string of the molecule is CCC(CCNC)c1cn(CC)c2cc(C3NC=CO3)ccc12. The van der Waals surface area contributed by atoms with Crippen molar-refractivity contribution in [3.63, 3.8) is 0 Å². The summed E-state index contributed by atoms with van der Waals surface area (Å²) in [6.45, 7) is 6.53. The Morgan fingerprint density at radius 2 is 2.22 bits per heavy atom. The first-order chi connectivity index (χ1) is 11.3. The van der Waals surface area contributed by atoms with Crippen LogP contribution in [0.1, 0.15) is 50.0 Å². The van der Waals surface area contributed by atoms with Crippen molar-refractivity contribution in [1.29, 1.82) is 0 Å². The molecule has 2 heterocycles. The molecule has 0 spiro atoms. The molecule has 1 aromatic carbocycles. The molecule has 0 bridgehead atoms. The molecule has 0 saturated carbocycles. The lowest BCUT2D eigenvalue weighted by atomic mass is 9.92. The van der Waals surface area contributed by atoms with Crippen LogP contribution in [0.3, 0.4) is 0 Å². The van der Waals surface area contributed by atoms with Crippen molar-refractivity contribution in [2.75, 3.05) is 13.6 Å². The smallest absolute Gasteiger partial charge is 0.195 e. The van der Waals surface area contributed by atoms with E-state index in [-0.39, 0.29) is 6.23 Å². The molecule has 0 saturated heterocycles. The van der Waals surface area contributed by atoms with Crippen LogP contribution in [0.4, 0.5) is 0 Å². The van der Waals surface area contributed by atoms with E-state index in [0.29, 0.717) is 5.92 Å². The van der Waals surface area contributed by atoms with Crippen LogP contribution in [-0.2, 0) is 11.3 Å². The fraction of sp³-hybridized carbons (Fsp3) is 0.474. The third kappa shape index (κ3) is 3.08. The molecule has 1 aromatic heterocycles. The maximum absolute atomic E-state index is 5.58. The largest absolute Gasteiger partial charge is 0.473 e. The first kappa shape index (κ1) is 15.9. The Balaban J connectivity index is 1.99. The molecule has 2 N–H and O–H groups in total. The molecule has 2 unspecified atom stereocenters. The van der Waals surface area contributed by atoms with Crippen LogP contribution in [0.15, 0.2) is 36.9 Å². The molecular weight excluding hydrogens is 286 g/mol. The van der Waals surface area contributed by atoms with Crippen molar-refractivity contribution in [2.45, 2.75) is 45.4 Å². The fourth-order valence-electron chi connectivity index (χ4n) is 3.44. The summed E-state index contributed by atoms with van der Waals surface area (Å²) in [4.78, 5) is 0. The molecule has 0 aliphatic carbocycles. The second kappa shape index (κ2) is 7.09. The first-order valence-electron chi connectivity index (χ1n) is 8.62. The maximum Gasteiger partial charge on any atom is 0.195 e. The molecule has 1 aliphatic heterocycles. The highest BCUT2D eigenvalue weighted by molar-refractivity contribution is 5.85. The van der Waals surface area contributed by atoms with Gasteiger partial charge in [-0.15, -0.1) is 0 Å². The number of nitrogens with one attached hydrogen (secondary N) is 2. The van der Waals surface area contributed by atoms with E-state index < -0.39 is 0 Å². The first-order valence-corrected chi connectivity index (χ1v) is 8.62. The minimum absolute atomic E-state index is 0.0608. The van der Waals surface area contributed by atoms with Crippen molar-refractivity contribution in [3.8, 4) is 0 Å². The maximum atomic E-state index is 5.58. The molecular formula is C19H27N3O. The lowest BCUT2D eigenvalue weighted by molar-refractivity contribution is 0.155. The van der Waals surface area contributed by atoms with E-state index in [1.165, 1.54) is 34.9 Å². The van der Waals surface area contributed by atoms with Gasteiger partial charge in [0.25, 0.3) is 0 Å². The van der Waals surface area contributed by atoms with Gasteiger partial charge in [0.1, 0.15) is 6.26 Å². The van der Waals surface area contributed by atoms with Crippen LogP contribution in [0, 0.1) is 0 Å². The Morgan fingerprint density at radius 3 is 2.87 bits per heavy atom. The normalized spacial score (nSPS) is 18.1. The lowest BCUT2D eigenvalue weighted by Crippen LogP contribution is -2.12. The number of aromatic nitrogens is 1. The molecule has 4 nitrogen and oxygen atoms in total. The van der Waals surface area contributed by atoms with Gasteiger partial charge in [-0.25, -0.2) is 0 Å². The summed E-state index contributed by atoms with van der Waals surface area (Å²) in [7, 11) is 2.02. The van der Waals surface area contributed by atoms with Crippen molar-refractivity contribution in [3.05, 3.63) is 48.0 Å². The van der Waals surface area contributed by atoms with Crippen LogP contribution < -0.4 is 10.6 Å². The van der Waals surface area contributed by atoms with Crippen molar-refractivity contribution >= 4 is 10.9 Å². The van der Waals surface area contributed by atoms with Gasteiger partial charge in [-0.3, -0.25) is 0 Å². The van der Waals surface area contributed by atoms with Gasteiger partial charge in [0.05, 0.1) is 0 Å². The van der Waals surface area contributed by atoms with Crippen LogP contribution in [0.2, 0.25) is 0 Å². The molecule has 0 fully saturated rings. The Morgan fingerprint density at radius 1 is 1.35 bits per heavy atom. The highest BCUT2D eigenvalue weighted by atomic mass is 16.5. The number of ether oxygens (including phenoxy) is 1. The van der Waals surface area contributed by atoms with E-state index in [0.717, 1.165) is 13.1 Å². The number of rotatable bonds is 7. The number of nitrogens with zero attached hydrogens (tertiary/aromatic N) is 1. The molecule has 3 rings (SSSR count). The molecule has 0 amide bonds.